The molecule has 0 aliphatic carbocycles. The molecule has 186 valence electrons. The monoisotopic (exact) mass is 494 g/mol. The van der Waals surface area contributed by atoms with E-state index in [2.05, 4.69) is 124 Å². The van der Waals surface area contributed by atoms with Crippen molar-refractivity contribution >= 4 is 32.3 Å². The van der Waals surface area contributed by atoms with Crippen LogP contribution in [-0.2, 0) is 13.5 Å². The Labute approximate surface area is 224 Å². The summed E-state index contributed by atoms with van der Waals surface area (Å²) in [5.41, 5.74) is 8.84. The molecule has 0 N–H and O–H groups in total. The van der Waals surface area contributed by atoms with Crippen LogP contribution in [0.1, 0.15) is 30.5 Å². The van der Waals surface area contributed by atoms with Gasteiger partial charge in [-0.05, 0) is 76.6 Å². The van der Waals surface area contributed by atoms with Crippen LogP contribution in [-0.4, -0.2) is 0 Å². The van der Waals surface area contributed by atoms with Crippen LogP contribution in [0.3, 0.4) is 0 Å². The Balaban J connectivity index is 1.60. The highest BCUT2D eigenvalue weighted by molar-refractivity contribution is 6.17. The SMILES string of the molecule is Cc1ccc2c(CC(C)C)c3c(c(C)c2c1)-c1c2c(cc4ccc(-c5ccccc5)cc4c2cc[n+]1C)O3. The summed E-state index contributed by atoms with van der Waals surface area (Å²) in [5, 5.41) is 7.54. The van der Waals surface area contributed by atoms with E-state index in [9.17, 15) is 0 Å². The van der Waals surface area contributed by atoms with Crippen molar-refractivity contribution in [3.8, 4) is 33.9 Å². The van der Waals surface area contributed by atoms with Crippen molar-refractivity contribution in [1.29, 1.82) is 0 Å². The molecule has 0 fully saturated rings. The standard InChI is InChI=1S/C36H32NO/c1-21(2)17-31-27-14-11-22(3)18-29(27)23(4)33-35-34-28(15-16-37(35)5)30-19-25(24-9-7-6-8-10-24)12-13-26(30)20-32(34)38-36(31)33/h6-16,18-21H,17H2,1-5H3/q+1. The minimum absolute atomic E-state index is 0.522. The zero-order valence-corrected chi connectivity index (χ0v) is 22.7. The third kappa shape index (κ3) is 3.36. The third-order valence-corrected chi connectivity index (χ3v) is 8.15. The topological polar surface area (TPSA) is 13.1 Å². The largest absolute Gasteiger partial charge is 0.455 e. The van der Waals surface area contributed by atoms with Crippen molar-refractivity contribution < 1.29 is 9.30 Å². The predicted octanol–water partition coefficient (Wildman–Crippen LogP) is 9.23. The van der Waals surface area contributed by atoms with Crippen LogP contribution in [0.15, 0.2) is 85.1 Å². The molecule has 0 radical (unpaired) electrons. The van der Waals surface area contributed by atoms with Gasteiger partial charge in [0.2, 0.25) is 5.69 Å². The fraction of sp³-hybridized carbons (Fsp3) is 0.194. The Morgan fingerprint density at radius 2 is 1.58 bits per heavy atom. The van der Waals surface area contributed by atoms with Crippen molar-refractivity contribution in [1.82, 2.24) is 0 Å². The van der Waals surface area contributed by atoms with Crippen molar-refractivity contribution in [2.75, 3.05) is 0 Å². The van der Waals surface area contributed by atoms with Crippen LogP contribution in [0.25, 0.3) is 54.7 Å². The van der Waals surface area contributed by atoms with Crippen LogP contribution in [0.2, 0.25) is 0 Å². The molecule has 7 rings (SSSR count). The summed E-state index contributed by atoms with van der Waals surface area (Å²) in [4.78, 5) is 0. The van der Waals surface area contributed by atoms with Crippen LogP contribution < -0.4 is 9.30 Å². The van der Waals surface area contributed by atoms with Crippen LogP contribution in [0.5, 0.6) is 11.5 Å². The Kier molecular flexibility index (Phi) is 5.10. The first-order chi connectivity index (χ1) is 18.4. The first kappa shape index (κ1) is 23.0. The molecule has 1 aliphatic heterocycles. The maximum absolute atomic E-state index is 6.97. The van der Waals surface area contributed by atoms with Gasteiger partial charge in [-0.3, -0.25) is 0 Å². The van der Waals surface area contributed by atoms with Gasteiger partial charge in [0.1, 0.15) is 18.5 Å². The van der Waals surface area contributed by atoms with E-state index in [1.807, 2.05) is 0 Å². The van der Waals surface area contributed by atoms with Gasteiger partial charge in [-0.1, -0.05) is 80.1 Å². The maximum atomic E-state index is 6.97. The number of aromatic nitrogens is 1. The van der Waals surface area contributed by atoms with Crippen LogP contribution >= 0.6 is 0 Å². The number of nitrogens with zero attached hydrogens (tertiary/aromatic N) is 1. The molecule has 6 aromatic rings. The third-order valence-electron chi connectivity index (χ3n) is 8.15. The molecule has 1 aromatic heterocycles. The minimum Gasteiger partial charge on any atom is -0.455 e. The Morgan fingerprint density at radius 3 is 2.37 bits per heavy atom. The predicted molar refractivity (Wildman–Crippen MR) is 159 cm³/mol. The molecule has 0 atom stereocenters. The Bertz CT molecular complexity index is 1910. The van der Waals surface area contributed by atoms with E-state index in [1.165, 1.54) is 71.4 Å². The van der Waals surface area contributed by atoms with E-state index < -0.39 is 0 Å². The quantitative estimate of drug-likeness (QED) is 0.176. The van der Waals surface area contributed by atoms with E-state index >= 15 is 0 Å². The molecule has 0 unspecified atom stereocenters. The highest BCUT2D eigenvalue weighted by Gasteiger charge is 2.33. The molecule has 0 bridgehead atoms. The summed E-state index contributed by atoms with van der Waals surface area (Å²) in [6.45, 7) is 9.04. The molecule has 1 aliphatic rings. The first-order valence-corrected chi connectivity index (χ1v) is 13.6. The molecule has 5 aromatic carbocycles. The number of rotatable bonds is 3. The number of hydrogen-bond acceptors (Lipinski definition) is 1. The molecule has 0 saturated heterocycles. The fourth-order valence-electron chi connectivity index (χ4n) is 6.37. The molecule has 38 heavy (non-hydrogen) atoms. The summed E-state index contributed by atoms with van der Waals surface area (Å²) in [6, 6.07) is 28.8. The zero-order chi connectivity index (χ0) is 26.1. The lowest BCUT2D eigenvalue weighted by molar-refractivity contribution is -0.659. The summed E-state index contributed by atoms with van der Waals surface area (Å²) in [7, 11) is 2.17. The lowest BCUT2D eigenvalue weighted by Crippen LogP contribution is -2.32. The van der Waals surface area contributed by atoms with E-state index in [4.69, 9.17) is 4.74 Å². The average molecular weight is 495 g/mol. The molecule has 2 heterocycles. The smallest absolute Gasteiger partial charge is 0.228 e. The molecule has 0 amide bonds. The second kappa shape index (κ2) is 8.43. The lowest BCUT2D eigenvalue weighted by Gasteiger charge is -2.26. The highest BCUT2D eigenvalue weighted by atomic mass is 16.5. The van der Waals surface area contributed by atoms with Gasteiger partial charge >= 0.3 is 0 Å². The van der Waals surface area contributed by atoms with Crippen molar-refractivity contribution in [3.05, 3.63) is 102 Å². The number of ether oxygens (including phenoxy) is 1. The number of aryl methyl sites for hydroxylation is 3. The number of pyridine rings is 1. The van der Waals surface area contributed by atoms with Gasteiger partial charge in [0.15, 0.2) is 6.20 Å². The van der Waals surface area contributed by atoms with E-state index in [-0.39, 0.29) is 0 Å². The van der Waals surface area contributed by atoms with Gasteiger partial charge in [0, 0.05) is 17.0 Å². The number of fused-ring (bicyclic) bond motifs is 5. The molecule has 2 nitrogen and oxygen atoms in total. The zero-order valence-electron chi connectivity index (χ0n) is 22.7. The van der Waals surface area contributed by atoms with Crippen molar-refractivity contribution in [3.63, 3.8) is 0 Å². The maximum Gasteiger partial charge on any atom is 0.228 e. The van der Waals surface area contributed by atoms with E-state index in [0.29, 0.717) is 5.92 Å². The van der Waals surface area contributed by atoms with Gasteiger partial charge in [0.25, 0.3) is 0 Å². The van der Waals surface area contributed by atoms with E-state index in [1.54, 1.807) is 0 Å². The number of hydrogen-bond donors (Lipinski definition) is 0. The van der Waals surface area contributed by atoms with Gasteiger partial charge in [-0.25, -0.2) is 4.57 Å². The second-order valence-electron chi connectivity index (χ2n) is 11.3. The second-order valence-corrected chi connectivity index (χ2v) is 11.3. The molecular formula is C36H32NO+. The van der Waals surface area contributed by atoms with Gasteiger partial charge < -0.3 is 4.74 Å². The summed E-state index contributed by atoms with van der Waals surface area (Å²) in [5.74, 6) is 2.51. The summed E-state index contributed by atoms with van der Waals surface area (Å²) in [6.07, 6.45) is 3.19. The average Bonchev–Trinajstić information content (AvgIpc) is 2.92. The normalized spacial score (nSPS) is 12.4. The van der Waals surface area contributed by atoms with Crippen LogP contribution in [0, 0.1) is 19.8 Å². The van der Waals surface area contributed by atoms with Crippen molar-refractivity contribution in [2.45, 2.75) is 34.1 Å². The van der Waals surface area contributed by atoms with Gasteiger partial charge in [-0.15, -0.1) is 0 Å². The molecule has 0 saturated carbocycles. The first-order valence-electron chi connectivity index (χ1n) is 13.6. The summed E-state index contributed by atoms with van der Waals surface area (Å²) < 4.78 is 9.25. The van der Waals surface area contributed by atoms with E-state index in [0.717, 1.165) is 17.9 Å². The fourth-order valence-corrected chi connectivity index (χ4v) is 6.37. The highest BCUT2D eigenvalue weighted by Crippen LogP contribution is 2.52. The van der Waals surface area contributed by atoms with Gasteiger partial charge in [-0.2, -0.15) is 0 Å². The molecule has 2 heteroatoms. The Morgan fingerprint density at radius 1 is 0.763 bits per heavy atom. The molecular weight excluding hydrogens is 462 g/mol. The summed E-state index contributed by atoms with van der Waals surface area (Å²) >= 11 is 0. The van der Waals surface area contributed by atoms with Crippen LogP contribution in [0.4, 0.5) is 0 Å². The van der Waals surface area contributed by atoms with Gasteiger partial charge in [0.05, 0.1) is 10.9 Å². The lowest BCUT2D eigenvalue weighted by atomic mass is 9.85. The van der Waals surface area contributed by atoms with Crippen molar-refractivity contribution in [2.24, 2.45) is 13.0 Å². The Hall–Kier alpha value is -4.17. The molecule has 0 spiro atoms. The minimum atomic E-state index is 0.522. The number of benzene rings is 5.